The molecule has 0 amide bonds. The molecule has 0 radical (unpaired) electrons. The van der Waals surface area contributed by atoms with Gasteiger partial charge in [0.1, 0.15) is 0 Å². The predicted octanol–water partition coefficient (Wildman–Crippen LogP) is 10.2. The van der Waals surface area contributed by atoms with E-state index >= 15 is 0 Å². The number of aliphatic hydroxyl groups is 2. The molecule has 0 saturated heterocycles. The maximum Gasteiger partial charge on any atom is 0.0594 e. The Labute approximate surface area is 244 Å². The Balaban J connectivity index is 0.000000542. The first-order chi connectivity index (χ1) is 17.8. The Morgan fingerprint density at radius 1 is 0.795 bits per heavy atom. The minimum Gasteiger partial charge on any atom is -0.396 e. The quantitative estimate of drug-likeness (QED) is 0.322. The lowest BCUT2D eigenvalue weighted by atomic mass is 9.33. The molecule has 0 bridgehead atoms. The third-order valence-electron chi connectivity index (χ3n) is 13.1. The molecular weight excluding hydrogens is 476 g/mol. The molecule has 0 heterocycles. The molecular formula is C37H68O2. The SMILES string of the molecule is CC.CC(C)(C)C.CC1(C)CCC2(CO)CCC3(C)C(=CCC4C5(C)CCC(O)C(C)(C)C5CCC43C)C2C1. The number of hydrogen-bond donors (Lipinski definition) is 2. The molecule has 4 fully saturated rings. The first-order valence-corrected chi connectivity index (χ1v) is 16.8. The van der Waals surface area contributed by atoms with E-state index in [1.54, 1.807) is 5.57 Å². The standard InChI is InChI=1S/C30H50O2.C5H12.C2H6/c1-25(2)14-16-30(19-31)17-15-28(6)20(21(30)18-25)8-9-23-27(5)12-11-24(32)26(3,4)22(27)10-13-29(23,28)7;1-5(2,3)4;1-2/h8,21-24,31-32H,9-19H2,1-7H3;1-4H3;1-2H3. The number of allylic oxidation sites excluding steroid dienone is 2. The Hall–Kier alpha value is -0.340. The van der Waals surface area contributed by atoms with Gasteiger partial charge in [0.2, 0.25) is 0 Å². The van der Waals surface area contributed by atoms with E-state index in [1.807, 2.05) is 13.8 Å². The Kier molecular flexibility index (Phi) is 9.13. The van der Waals surface area contributed by atoms with Crippen molar-refractivity contribution in [2.45, 2.75) is 160 Å². The summed E-state index contributed by atoms with van der Waals surface area (Å²) in [6.07, 6.45) is 14.6. The highest BCUT2D eigenvalue weighted by molar-refractivity contribution is 5.33. The van der Waals surface area contributed by atoms with Crippen LogP contribution in [0.1, 0.15) is 154 Å². The lowest BCUT2D eigenvalue weighted by molar-refractivity contribution is -0.204. The van der Waals surface area contributed by atoms with Crippen molar-refractivity contribution < 1.29 is 10.2 Å². The summed E-state index contributed by atoms with van der Waals surface area (Å²) in [5, 5.41) is 21.5. The van der Waals surface area contributed by atoms with Gasteiger partial charge in [0.15, 0.2) is 0 Å². The lowest BCUT2D eigenvalue weighted by Crippen LogP contribution is -2.64. The second-order valence-corrected chi connectivity index (χ2v) is 18.1. The van der Waals surface area contributed by atoms with Gasteiger partial charge in [-0.05, 0) is 114 Å². The summed E-state index contributed by atoms with van der Waals surface area (Å²) in [7, 11) is 0. The van der Waals surface area contributed by atoms with Crippen molar-refractivity contribution in [2.75, 3.05) is 6.61 Å². The first-order valence-electron chi connectivity index (χ1n) is 16.8. The van der Waals surface area contributed by atoms with E-state index in [2.05, 4.69) is 82.2 Å². The number of hydrogen-bond acceptors (Lipinski definition) is 2. The maximum absolute atomic E-state index is 10.9. The largest absolute Gasteiger partial charge is 0.396 e. The molecule has 228 valence electrons. The van der Waals surface area contributed by atoms with Crippen molar-refractivity contribution in [3.8, 4) is 0 Å². The third kappa shape index (κ3) is 5.46. The lowest BCUT2D eigenvalue weighted by Gasteiger charge is -2.71. The van der Waals surface area contributed by atoms with Gasteiger partial charge in [0, 0.05) is 12.0 Å². The zero-order valence-corrected chi connectivity index (χ0v) is 28.6. The van der Waals surface area contributed by atoms with Gasteiger partial charge in [-0.3, -0.25) is 0 Å². The van der Waals surface area contributed by atoms with Crippen LogP contribution < -0.4 is 0 Å². The van der Waals surface area contributed by atoms with E-state index in [9.17, 15) is 10.2 Å². The molecule has 2 N–H and O–H groups in total. The zero-order valence-electron chi connectivity index (χ0n) is 28.6. The Morgan fingerprint density at radius 3 is 1.92 bits per heavy atom. The smallest absolute Gasteiger partial charge is 0.0594 e. The maximum atomic E-state index is 10.9. The molecule has 5 aliphatic rings. The van der Waals surface area contributed by atoms with Crippen molar-refractivity contribution in [1.29, 1.82) is 0 Å². The van der Waals surface area contributed by atoms with Crippen LogP contribution in [0, 0.1) is 55.7 Å². The van der Waals surface area contributed by atoms with Crippen molar-refractivity contribution in [2.24, 2.45) is 55.7 Å². The van der Waals surface area contributed by atoms with Crippen molar-refractivity contribution >= 4 is 0 Å². The van der Waals surface area contributed by atoms with E-state index in [-0.39, 0.29) is 22.3 Å². The second-order valence-electron chi connectivity index (χ2n) is 18.1. The topological polar surface area (TPSA) is 40.5 Å². The van der Waals surface area contributed by atoms with Crippen LogP contribution >= 0.6 is 0 Å². The van der Waals surface area contributed by atoms with E-state index in [4.69, 9.17) is 0 Å². The number of rotatable bonds is 1. The van der Waals surface area contributed by atoms with Gasteiger partial charge < -0.3 is 10.2 Å². The minimum atomic E-state index is -0.153. The average Bonchev–Trinajstić information content (AvgIpc) is 2.82. The molecule has 2 nitrogen and oxygen atoms in total. The minimum absolute atomic E-state index is 0.0191. The monoisotopic (exact) mass is 545 g/mol. The normalized spacial score (nSPS) is 45.9. The highest BCUT2D eigenvalue weighted by atomic mass is 16.3. The first kappa shape index (κ1) is 33.2. The van der Waals surface area contributed by atoms with Gasteiger partial charge in [-0.2, -0.15) is 0 Å². The highest BCUT2D eigenvalue weighted by Crippen LogP contribution is 2.75. The van der Waals surface area contributed by atoms with E-state index in [1.165, 1.54) is 57.8 Å². The molecule has 0 spiro atoms. The Bertz CT molecular complexity index is 886. The molecule has 8 unspecified atom stereocenters. The van der Waals surface area contributed by atoms with Gasteiger partial charge in [-0.15, -0.1) is 0 Å². The average molecular weight is 545 g/mol. The van der Waals surface area contributed by atoms with E-state index in [0.29, 0.717) is 46.0 Å². The molecule has 5 rings (SSSR count). The van der Waals surface area contributed by atoms with E-state index in [0.717, 1.165) is 6.42 Å². The summed E-state index contributed by atoms with van der Waals surface area (Å²) in [6.45, 7) is 30.6. The van der Waals surface area contributed by atoms with Crippen molar-refractivity contribution in [1.82, 2.24) is 0 Å². The summed E-state index contributed by atoms with van der Waals surface area (Å²) in [6, 6.07) is 0. The second kappa shape index (κ2) is 10.7. The van der Waals surface area contributed by atoms with Gasteiger partial charge >= 0.3 is 0 Å². The van der Waals surface area contributed by atoms with Gasteiger partial charge in [-0.1, -0.05) is 102 Å². The molecule has 0 aromatic carbocycles. The molecule has 2 heteroatoms. The van der Waals surface area contributed by atoms with Crippen molar-refractivity contribution in [3.63, 3.8) is 0 Å². The summed E-state index contributed by atoms with van der Waals surface area (Å²) in [5.41, 5.74) is 3.66. The molecule has 5 aliphatic carbocycles. The van der Waals surface area contributed by atoms with E-state index < -0.39 is 0 Å². The fraction of sp³-hybridized carbons (Fsp3) is 0.946. The van der Waals surface area contributed by atoms with Crippen LogP contribution in [-0.2, 0) is 0 Å². The van der Waals surface area contributed by atoms with Crippen LogP contribution in [0.5, 0.6) is 0 Å². The number of aliphatic hydroxyl groups excluding tert-OH is 2. The van der Waals surface area contributed by atoms with Gasteiger partial charge in [-0.25, -0.2) is 0 Å². The zero-order chi connectivity index (χ0) is 29.9. The fourth-order valence-corrected chi connectivity index (χ4v) is 10.6. The third-order valence-corrected chi connectivity index (χ3v) is 13.1. The van der Waals surface area contributed by atoms with Gasteiger partial charge in [0.25, 0.3) is 0 Å². The molecule has 0 aromatic rings. The molecule has 39 heavy (non-hydrogen) atoms. The van der Waals surface area contributed by atoms with Crippen LogP contribution in [0.25, 0.3) is 0 Å². The Morgan fingerprint density at radius 2 is 1.36 bits per heavy atom. The molecule has 4 saturated carbocycles. The summed E-state index contributed by atoms with van der Waals surface area (Å²) >= 11 is 0. The highest BCUT2D eigenvalue weighted by Gasteiger charge is 2.68. The predicted molar refractivity (Wildman–Crippen MR) is 169 cm³/mol. The summed E-state index contributed by atoms with van der Waals surface area (Å²) in [5.74, 6) is 1.87. The molecule has 8 atom stereocenters. The van der Waals surface area contributed by atoms with Crippen LogP contribution in [-0.4, -0.2) is 22.9 Å². The summed E-state index contributed by atoms with van der Waals surface area (Å²) < 4.78 is 0. The van der Waals surface area contributed by atoms with Crippen LogP contribution in [0.2, 0.25) is 0 Å². The summed E-state index contributed by atoms with van der Waals surface area (Å²) in [4.78, 5) is 0. The van der Waals surface area contributed by atoms with Gasteiger partial charge in [0.05, 0.1) is 6.10 Å². The fourth-order valence-electron chi connectivity index (χ4n) is 10.6. The molecule has 0 aromatic heterocycles. The van der Waals surface area contributed by atoms with Crippen molar-refractivity contribution in [3.05, 3.63) is 11.6 Å². The van der Waals surface area contributed by atoms with Crippen LogP contribution in [0.15, 0.2) is 11.6 Å². The molecule has 0 aliphatic heterocycles. The van der Waals surface area contributed by atoms with Crippen LogP contribution in [0.4, 0.5) is 0 Å². The van der Waals surface area contributed by atoms with Crippen LogP contribution in [0.3, 0.4) is 0 Å². The number of fused-ring (bicyclic) bond motifs is 7.